The van der Waals surface area contributed by atoms with Crippen molar-refractivity contribution in [1.82, 2.24) is 0 Å². The molecule has 0 saturated carbocycles. The average molecular weight is 325 g/mol. The molecule has 2 rings (SSSR count). The number of carbonyl (C=O) groups excluding carboxylic acids is 1. The molecule has 0 spiro atoms. The van der Waals surface area contributed by atoms with Crippen molar-refractivity contribution >= 4 is 11.6 Å². The van der Waals surface area contributed by atoms with Crippen LogP contribution < -0.4 is 14.8 Å². The van der Waals surface area contributed by atoms with Gasteiger partial charge in [0.1, 0.15) is 11.5 Å². The molecule has 0 aliphatic rings. The molecule has 0 heterocycles. The largest absolute Gasteiger partial charge is 0.573 e. The topological polar surface area (TPSA) is 47.6 Å². The van der Waals surface area contributed by atoms with Crippen molar-refractivity contribution in [2.45, 2.75) is 13.3 Å². The first-order valence-electron chi connectivity index (χ1n) is 6.77. The van der Waals surface area contributed by atoms with Gasteiger partial charge in [-0.25, -0.2) is 0 Å². The van der Waals surface area contributed by atoms with E-state index in [-0.39, 0.29) is 11.3 Å². The third kappa shape index (κ3) is 5.21. The van der Waals surface area contributed by atoms with Crippen LogP contribution in [0.15, 0.2) is 48.5 Å². The first-order chi connectivity index (χ1) is 10.9. The summed E-state index contributed by atoms with van der Waals surface area (Å²) >= 11 is 0. The molecule has 0 aromatic heterocycles. The predicted octanol–water partition coefficient (Wildman–Crippen LogP) is 4.24. The highest BCUT2D eigenvalue weighted by atomic mass is 19.4. The highest BCUT2D eigenvalue weighted by Crippen LogP contribution is 2.23. The van der Waals surface area contributed by atoms with E-state index < -0.39 is 12.3 Å². The summed E-state index contributed by atoms with van der Waals surface area (Å²) in [6.45, 7) is 2.40. The van der Waals surface area contributed by atoms with Crippen molar-refractivity contribution in [1.29, 1.82) is 0 Å². The Balaban J connectivity index is 2.00. The Labute approximate surface area is 130 Å². The van der Waals surface area contributed by atoms with Gasteiger partial charge in [0.15, 0.2) is 0 Å². The maximum atomic E-state index is 12.1. The van der Waals surface area contributed by atoms with Crippen LogP contribution in [-0.2, 0) is 0 Å². The number of benzene rings is 2. The number of halogens is 3. The van der Waals surface area contributed by atoms with Crippen LogP contribution >= 0.6 is 0 Å². The summed E-state index contributed by atoms with van der Waals surface area (Å²) in [6.07, 6.45) is -4.76. The molecule has 122 valence electrons. The van der Waals surface area contributed by atoms with Crippen LogP contribution in [0.4, 0.5) is 18.9 Å². The number of alkyl halides is 3. The van der Waals surface area contributed by atoms with Crippen LogP contribution in [0.2, 0.25) is 0 Å². The van der Waals surface area contributed by atoms with Crippen molar-refractivity contribution in [2.75, 3.05) is 11.9 Å². The molecule has 0 aliphatic carbocycles. The summed E-state index contributed by atoms with van der Waals surface area (Å²) in [7, 11) is 0. The van der Waals surface area contributed by atoms with Gasteiger partial charge < -0.3 is 14.8 Å². The number of anilines is 1. The Morgan fingerprint density at radius 1 is 1.00 bits per heavy atom. The van der Waals surface area contributed by atoms with E-state index in [1.54, 1.807) is 24.3 Å². The monoisotopic (exact) mass is 325 g/mol. The molecule has 2 aromatic rings. The minimum atomic E-state index is -4.76. The highest BCUT2D eigenvalue weighted by Gasteiger charge is 2.31. The van der Waals surface area contributed by atoms with E-state index in [2.05, 4.69) is 10.1 Å². The molecular formula is C16H14F3NO3. The van der Waals surface area contributed by atoms with Crippen molar-refractivity contribution in [2.24, 2.45) is 0 Å². The highest BCUT2D eigenvalue weighted by molar-refractivity contribution is 6.04. The van der Waals surface area contributed by atoms with E-state index in [1.165, 1.54) is 12.1 Å². The van der Waals surface area contributed by atoms with Gasteiger partial charge in [-0.1, -0.05) is 0 Å². The summed E-state index contributed by atoms with van der Waals surface area (Å²) in [6, 6.07) is 11.4. The molecule has 7 heteroatoms. The van der Waals surface area contributed by atoms with Gasteiger partial charge in [-0.05, 0) is 55.5 Å². The molecule has 2 aromatic carbocycles. The molecule has 0 saturated heterocycles. The van der Waals surface area contributed by atoms with Crippen molar-refractivity contribution in [3.63, 3.8) is 0 Å². The van der Waals surface area contributed by atoms with Gasteiger partial charge in [0, 0.05) is 11.3 Å². The molecule has 0 aliphatic heterocycles. The number of hydrogen-bond acceptors (Lipinski definition) is 3. The zero-order chi connectivity index (χ0) is 16.9. The van der Waals surface area contributed by atoms with Gasteiger partial charge in [0.2, 0.25) is 0 Å². The molecule has 4 nitrogen and oxygen atoms in total. The number of ether oxygens (including phenoxy) is 2. The summed E-state index contributed by atoms with van der Waals surface area (Å²) in [5.41, 5.74) is 0.766. The zero-order valence-corrected chi connectivity index (χ0v) is 12.2. The van der Waals surface area contributed by atoms with Crippen LogP contribution in [0.5, 0.6) is 11.5 Å². The second-order valence-electron chi connectivity index (χ2n) is 4.48. The fourth-order valence-corrected chi connectivity index (χ4v) is 1.81. The Bertz CT molecular complexity index is 652. The van der Waals surface area contributed by atoms with Gasteiger partial charge in [-0.15, -0.1) is 13.2 Å². The third-order valence-corrected chi connectivity index (χ3v) is 2.77. The smallest absolute Gasteiger partial charge is 0.494 e. The Morgan fingerprint density at radius 3 is 2.09 bits per heavy atom. The van der Waals surface area contributed by atoms with Gasteiger partial charge in [-0.2, -0.15) is 0 Å². The molecule has 23 heavy (non-hydrogen) atoms. The fourth-order valence-electron chi connectivity index (χ4n) is 1.81. The van der Waals surface area contributed by atoms with E-state index in [0.717, 1.165) is 12.1 Å². The maximum Gasteiger partial charge on any atom is 0.573 e. The minimum Gasteiger partial charge on any atom is -0.494 e. The van der Waals surface area contributed by atoms with E-state index in [4.69, 9.17) is 4.74 Å². The second kappa shape index (κ2) is 7.04. The molecule has 0 atom stereocenters. The third-order valence-electron chi connectivity index (χ3n) is 2.77. The van der Waals surface area contributed by atoms with Crippen molar-refractivity contribution < 1.29 is 27.4 Å². The summed E-state index contributed by atoms with van der Waals surface area (Å²) < 4.78 is 45.2. The first-order valence-corrected chi connectivity index (χ1v) is 6.77. The van der Waals surface area contributed by atoms with Crippen LogP contribution in [0.1, 0.15) is 17.3 Å². The Hall–Kier alpha value is -2.70. The van der Waals surface area contributed by atoms with Crippen molar-refractivity contribution in [3.8, 4) is 11.5 Å². The molecule has 0 radical (unpaired) electrons. The Kier molecular flexibility index (Phi) is 5.10. The zero-order valence-electron chi connectivity index (χ0n) is 12.2. The van der Waals surface area contributed by atoms with E-state index in [1.807, 2.05) is 6.92 Å². The lowest BCUT2D eigenvalue weighted by atomic mass is 10.2. The van der Waals surface area contributed by atoms with Crippen LogP contribution in [0.25, 0.3) is 0 Å². The number of rotatable bonds is 5. The lowest BCUT2D eigenvalue weighted by Crippen LogP contribution is -2.17. The summed E-state index contributed by atoms with van der Waals surface area (Å²) in [5.74, 6) is -0.137. The van der Waals surface area contributed by atoms with Gasteiger partial charge in [0.05, 0.1) is 6.61 Å². The summed E-state index contributed by atoms with van der Waals surface area (Å²) in [5, 5.41) is 2.64. The maximum absolute atomic E-state index is 12.1. The predicted molar refractivity (Wildman–Crippen MR) is 78.7 cm³/mol. The molecule has 1 amide bonds. The molecule has 1 N–H and O–H groups in total. The standard InChI is InChI=1S/C16H14F3NO3/c1-2-22-13-9-5-12(6-10-13)20-15(21)11-3-7-14(8-4-11)23-16(17,18)19/h3-10H,2H2,1H3,(H,20,21). The lowest BCUT2D eigenvalue weighted by molar-refractivity contribution is -0.274. The number of carbonyl (C=O) groups is 1. The Morgan fingerprint density at radius 2 is 1.57 bits per heavy atom. The molecule has 0 fully saturated rings. The molecular weight excluding hydrogens is 311 g/mol. The van der Waals surface area contributed by atoms with Gasteiger partial charge in [0.25, 0.3) is 5.91 Å². The van der Waals surface area contributed by atoms with Crippen LogP contribution in [0.3, 0.4) is 0 Å². The first kappa shape index (κ1) is 16.7. The minimum absolute atomic E-state index is 0.216. The van der Waals surface area contributed by atoms with E-state index in [9.17, 15) is 18.0 Å². The lowest BCUT2D eigenvalue weighted by Gasteiger charge is -2.10. The second-order valence-corrected chi connectivity index (χ2v) is 4.48. The fraction of sp³-hybridized carbons (Fsp3) is 0.188. The van der Waals surface area contributed by atoms with Gasteiger partial charge in [-0.3, -0.25) is 4.79 Å². The number of nitrogens with one attached hydrogen (secondary N) is 1. The van der Waals surface area contributed by atoms with E-state index in [0.29, 0.717) is 18.0 Å². The normalized spacial score (nSPS) is 11.0. The number of amides is 1. The van der Waals surface area contributed by atoms with Crippen LogP contribution in [-0.4, -0.2) is 18.9 Å². The SMILES string of the molecule is CCOc1ccc(NC(=O)c2ccc(OC(F)(F)F)cc2)cc1. The van der Waals surface area contributed by atoms with Crippen molar-refractivity contribution in [3.05, 3.63) is 54.1 Å². The molecule has 0 unspecified atom stereocenters. The van der Waals surface area contributed by atoms with Gasteiger partial charge >= 0.3 is 6.36 Å². The quantitative estimate of drug-likeness (QED) is 0.894. The van der Waals surface area contributed by atoms with E-state index >= 15 is 0 Å². The average Bonchev–Trinajstić information content (AvgIpc) is 2.48. The van der Waals surface area contributed by atoms with Crippen LogP contribution in [0, 0.1) is 0 Å². The summed E-state index contributed by atoms with van der Waals surface area (Å²) in [4.78, 5) is 12.0. The molecule has 0 bridgehead atoms. The number of hydrogen-bond donors (Lipinski definition) is 1.